The molecular formula is C29H37N3. The Kier molecular flexibility index (Phi) is 9.27. The van der Waals surface area contributed by atoms with E-state index in [0.717, 1.165) is 46.0 Å². The summed E-state index contributed by atoms with van der Waals surface area (Å²) in [5.41, 5.74) is 7.74. The number of para-hydroxylation sites is 1. The first-order valence-electron chi connectivity index (χ1n) is 11.7. The molecule has 0 saturated carbocycles. The van der Waals surface area contributed by atoms with Crippen LogP contribution in [0.4, 0.5) is 5.69 Å². The second kappa shape index (κ2) is 11.9. The number of hydrogen-bond acceptors (Lipinski definition) is 2. The fraction of sp³-hybridized carbons (Fsp3) is 0.276. The largest absolute Gasteiger partial charge is 0.361 e. The Balaban J connectivity index is 0.000000860. The molecule has 0 amide bonds. The highest BCUT2D eigenvalue weighted by molar-refractivity contribution is 5.78. The molecule has 1 atom stereocenters. The van der Waals surface area contributed by atoms with Gasteiger partial charge in [-0.1, -0.05) is 90.3 Å². The molecule has 1 unspecified atom stereocenters. The summed E-state index contributed by atoms with van der Waals surface area (Å²) < 4.78 is 2.31. The molecule has 32 heavy (non-hydrogen) atoms. The highest BCUT2D eigenvalue weighted by atomic mass is 15.2. The molecule has 1 aliphatic heterocycles. The first-order valence-corrected chi connectivity index (χ1v) is 11.7. The minimum absolute atomic E-state index is 0.0415. The van der Waals surface area contributed by atoms with Crippen LogP contribution < -0.4 is 5.32 Å². The monoisotopic (exact) mass is 427 g/mol. The van der Waals surface area contributed by atoms with Crippen molar-refractivity contribution in [2.45, 2.75) is 54.1 Å². The first kappa shape index (κ1) is 24.9. The fourth-order valence-corrected chi connectivity index (χ4v) is 3.81. The molecule has 0 aliphatic carbocycles. The average Bonchev–Trinajstić information content (AvgIpc) is 3.20. The third-order valence-electron chi connectivity index (χ3n) is 5.23. The lowest BCUT2D eigenvalue weighted by atomic mass is 10.00. The SMILES string of the molecule is C=Cc1ccc(C2Nc3ccccc3-c3nc(C)c(/C=C\CC)n32)cc1C=C.CC.CC. The van der Waals surface area contributed by atoms with Gasteiger partial charge in [0, 0.05) is 11.3 Å². The van der Waals surface area contributed by atoms with Gasteiger partial charge in [-0.15, -0.1) is 0 Å². The van der Waals surface area contributed by atoms with Gasteiger partial charge in [0.1, 0.15) is 12.0 Å². The molecule has 1 aliphatic rings. The molecule has 4 rings (SSSR count). The van der Waals surface area contributed by atoms with Crippen LogP contribution in [0.25, 0.3) is 29.6 Å². The van der Waals surface area contributed by atoms with Crippen molar-refractivity contribution in [3.8, 4) is 11.4 Å². The molecule has 1 N–H and O–H groups in total. The smallest absolute Gasteiger partial charge is 0.144 e. The first-order chi connectivity index (χ1) is 15.7. The van der Waals surface area contributed by atoms with Gasteiger partial charge < -0.3 is 5.32 Å². The van der Waals surface area contributed by atoms with Crippen LogP contribution in [-0.2, 0) is 0 Å². The van der Waals surface area contributed by atoms with Crippen LogP contribution in [0.15, 0.2) is 61.7 Å². The second-order valence-corrected chi connectivity index (χ2v) is 6.98. The molecule has 0 saturated heterocycles. The lowest BCUT2D eigenvalue weighted by Crippen LogP contribution is -2.25. The van der Waals surface area contributed by atoms with Crippen LogP contribution in [0.3, 0.4) is 0 Å². The van der Waals surface area contributed by atoms with Gasteiger partial charge in [0.05, 0.1) is 11.4 Å². The van der Waals surface area contributed by atoms with Gasteiger partial charge in [0.2, 0.25) is 0 Å². The number of fused-ring (bicyclic) bond motifs is 3. The lowest BCUT2D eigenvalue weighted by molar-refractivity contribution is 0.644. The molecule has 0 radical (unpaired) electrons. The van der Waals surface area contributed by atoms with E-state index < -0.39 is 0 Å². The Bertz CT molecular complexity index is 1090. The number of rotatable bonds is 5. The zero-order valence-electron chi connectivity index (χ0n) is 20.4. The summed E-state index contributed by atoms with van der Waals surface area (Å²) >= 11 is 0. The van der Waals surface area contributed by atoms with E-state index in [0.29, 0.717) is 0 Å². The maximum atomic E-state index is 4.93. The maximum absolute atomic E-state index is 4.93. The Morgan fingerprint density at radius 3 is 2.34 bits per heavy atom. The highest BCUT2D eigenvalue weighted by Crippen LogP contribution is 2.40. The predicted molar refractivity (Wildman–Crippen MR) is 143 cm³/mol. The molecule has 3 aromatic rings. The molecule has 3 heteroatoms. The molecule has 3 nitrogen and oxygen atoms in total. The summed E-state index contributed by atoms with van der Waals surface area (Å²) in [4.78, 5) is 4.93. The maximum Gasteiger partial charge on any atom is 0.144 e. The van der Waals surface area contributed by atoms with Gasteiger partial charge in [-0.2, -0.15) is 0 Å². The third kappa shape index (κ3) is 4.77. The van der Waals surface area contributed by atoms with Crippen molar-refractivity contribution in [2.24, 2.45) is 0 Å². The van der Waals surface area contributed by atoms with E-state index in [1.165, 1.54) is 5.56 Å². The molecule has 168 valence electrons. The highest BCUT2D eigenvalue weighted by Gasteiger charge is 2.29. The zero-order valence-corrected chi connectivity index (χ0v) is 20.4. The molecule has 2 heterocycles. The van der Waals surface area contributed by atoms with Crippen molar-refractivity contribution in [3.63, 3.8) is 0 Å². The van der Waals surface area contributed by atoms with Crippen molar-refractivity contribution < 1.29 is 0 Å². The van der Waals surface area contributed by atoms with Gasteiger partial charge in [0.15, 0.2) is 0 Å². The number of imidazole rings is 1. The summed E-state index contributed by atoms with van der Waals surface area (Å²) in [6.07, 6.45) is 9.07. The fourth-order valence-electron chi connectivity index (χ4n) is 3.81. The van der Waals surface area contributed by atoms with Crippen LogP contribution in [0.2, 0.25) is 0 Å². The summed E-state index contributed by atoms with van der Waals surface area (Å²) in [5.74, 6) is 1.00. The molecule has 0 spiro atoms. The number of nitrogens with zero attached hydrogens (tertiary/aromatic N) is 2. The summed E-state index contributed by atoms with van der Waals surface area (Å²) in [6, 6.07) is 14.8. The normalized spacial score (nSPS) is 13.5. The number of aromatic nitrogens is 2. The minimum Gasteiger partial charge on any atom is -0.361 e. The average molecular weight is 428 g/mol. The molecule has 2 aromatic carbocycles. The molecule has 0 fully saturated rings. The van der Waals surface area contributed by atoms with Crippen LogP contribution in [0.1, 0.15) is 75.3 Å². The van der Waals surface area contributed by atoms with Gasteiger partial charge in [-0.05, 0) is 54.3 Å². The van der Waals surface area contributed by atoms with E-state index >= 15 is 0 Å². The van der Waals surface area contributed by atoms with E-state index in [2.05, 4.69) is 91.5 Å². The van der Waals surface area contributed by atoms with Gasteiger partial charge in [0.25, 0.3) is 0 Å². The lowest BCUT2D eigenvalue weighted by Gasteiger charge is -2.31. The number of benzene rings is 2. The van der Waals surface area contributed by atoms with E-state index in [-0.39, 0.29) is 6.17 Å². The predicted octanol–water partition coefficient (Wildman–Crippen LogP) is 8.59. The van der Waals surface area contributed by atoms with Gasteiger partial charge in [-0.3, -0.25) is 4.57 Å². The van der Waals surface area contributed by atoms with Gasteiger partial charge in [-0.25, -0.2) is 4.98 Å². The van der Waals surface area contributed by atoms with Gasteiger partial charge >= 0.3 is 0 Å². The van der Waals surface area contributed by atoms with Crippen LogP contribution >= 0.6 is 0 Å². The third-order valence-corrected chi connectivity index (χ3v) is 5.23. The summed E-state index contributed by atoms with van der Waals surface area (Å²) in [5, 5.41) is 3.72. The van der Waals surface area contributed by atoms with E-state index in [9.17, 15) is 0 Å². The quantitative estimate of drug-likeness (QED) is 0.442. The number of anilines is 1. The van der Waals surface area contributed by atoms with Crippen molar-refractivity contribution in [1.29, 1.82) is 0 Å². The Morgan fingerprint density at radius 1 is 1.00 bits per heavy atom. The topological polar surface area (TPSA) is 29.9 Å². The van der Waals surface area contributed by atoms with E-state index in [1.54, 1.807) is 0 Å². The summed E-state index contributed by atoms with van der Waals surface area (Å²) in [6.45, 7) is 20.1. The standard InChI is InChI=1S/C25H25N3.2C2H6/c1-5-8-13-23-17(4)26-25-21-11-9-10-12-22(21)27-24(28(23)25)20-15-14-18(6-2)19(7-3)16-20;2*1-2/h6-16,24,27H,2-3,5H2,1,4H3;2*1-2H3/b13-8-;;. The Hall–Kier alpha value is -3.33. The van der Waals surface area contributed by atoms with Crippen LogP contribution in [0.5, 0.6) is 0 Å². The number of hydrogen-bond donors (Lipinski definition) is 1. The number of allylic oxidation sites excluding steroid dienone is 1. The Morgan fingerprint density at radius 2 is 1.69 bits per heavy atom. The zero-order chi connectivity index (χ0) is 23.7. The van der Waals surface area contributed by atoms with E-state index in [1.807, 2.05) is 39.8 Å². The molecular weight excluding hydrogens is 390 g/mol. The van der Waals surface area contributed by atoms with E-state index in [4.69, 9.17) is 4.98 Å². The molecule has 0 bridgehead atoms. The van der Waals surface area contributed by atoms with Crippen LogP contribution in [0, 0.1) is 6.92 Å². The number of aryl methyl sites for hydroxylation is 1. The molecule has 1 aromatic heterocycles. The van der Waals surface area contributed by atoms with Crippen LogP contribution in [-0.4, -0.2) is 9.55 Å². The minimum atomic E-state index is -0.0415. The second-order valence-electron chi connectivity index (χ2n) is 6.98. The summed E-state index contributed by atoms with van der Waals surface area (Å²) in [7, 11) is 0. The van der Waals surface area contributed by atoms with Crippen molar-refractivity contribution in [1.82, 2.24) is 9.55 Å². The van der Waals surface area contributed by atoms with Crippen molar-refractivity contribution in [2.75, 3.05) is 5.32 Å². The van der Waals surface area contributed by atoms with Crippen molar-refractivity contribution >= 4 is 23.9 Å². The van der Waals surface area contributed by atoms with Crippen molar-refractivity contribution in [3.05, 3.63) is 89.8 Å². The Labute approximate surface area is 194 Å². The number of nitrogens with one attached hydrogen (secondary N) is 1.